The molecular formula is C15H18N2O3. The minimum Gasteiger partial charge on any atom is -0.478 e. The first-order valence-corrected chi connectivity index (χ1v) is 6.68. The van der Waals surface area contributed by atoms with E-state index in [4.69, 9.17) is 5.11 Å². The molecule has 0 spiro atoms. The Hall–Kier alpha value is -2.14. The van der Waals surface area contributed by atoms with E-state index >= 15 is 0 Å². The monoisotopic (exact) mass is 274 g/mol. The maximum Gasteiger partial charge on any atom is 0.328 e. The molecule has 5 heteroatoms. The molecule has 3 N–H and O–H groups in total. The molecule has 1 amide bonds. The van der Waals surface area contributed by atoms with Crippen molar-refractivity contribution in [2.75, 3.05) is 18.4 Å². The van der Waals surface area contributed by atoms with Crippen LogP contribution in [0.1, 0.15) is 18.4 Å². The minimum absolute atomic E-state index is 0.0235. The third-order valence-electron chi connectivity index (χ3n) is 3.26. The number of amides is 1. The van der Waals surface area contributed by atoms with Crippen LogP contribution in [-0.4, -0.2) is 30.1 Å². The molecule has 0 aromatic heterocycles. The summed E-state index contributed by atoms with van der Waals surface area (Å²) >= 11 is 0. The molecule has 1 unspecified atom stereocenters. The number of hydrogen-bond acceptors (Lipinski definition) is 3. The van der Waals surface area contributed by atoms with Crippen LogP contribution in [0.5, 0.6) is 0 Å². The van der Waals surface area contributed by atoms with Gasteiger partial charge in [0.25, 0.3) is 0 Å². The molecule has 0 aliphatic carbocycles. The zero-order valence-corrected chi connectivity index (χ0v) is 11.1. The van der Waals surface area contributed by atoms with E-state index < -0.39 is 5.97 Å². The Morgan fingerprint density at radius 2 is 2.05 bits per heavy atom. The van der Waals surface area contributed by atoms with E-state index in [1.165, 1.54) is 6.08 Å². The summed E-state index contributed by atoms with van der Waals surface area (Å²) in [5, 5.41) is 14.6. The maximum atomic E-state index is 12.0. The fourth-order valence-corrected chi connectivity index (χ4v) is 2.17. The molecule has 1 aliphatic heterocycles. The van der Waals surface area contributed by atoms with Crippen LogP contribution in [-0.2, 0) is 9.59 Å². The molecule has 1 aromatic rings. The molecule has 0 radical (unpaired) electrons. The van der Waals surface area contributed by atoms with Crippen molar-refractivity contribution >= 4 is 23.6 Å². The van der Waals surface area contributed by atoms with Gasteiger partial charge in [0.15, 0.2) is 0 Å². The predicted octanol–water partition coefficient (Wildman–Crippen LogP) is 1.72. The number of benzene rings is 1. The zero-order valence-electron chi connectivity index (χ0n) is 11.1. The first-order chi connectivity index (χ1) is 9.65. The lowest BCUT2D eigenvalue weighted by atomic mass is 9.99. The van der Waals surface area contributed by atoms with E-state index in [-0.39, 0.29) is 11.8 Å². The highest BCUT2D eigenvalue weighted by atomic mass is 16.4. The number of carboxylic acid groups (broad SMARTS) is 1. The van der Waals surface area contributed by atoms with Crippen LogP contribution < -0.4 is 10.6 Å². The van der Waals surface area contributed by atoms with Crippen LogP contribution in [0, 0.1) is 5.92 Å². The third kappa shape index (κ3) is 4.20. The van der Waals surface area contributed by atoms with Gasteiger partial charge in [-0.15, -0.1) is 0 Å². The molecular weight excluding hydrogens is 256 g/mol. The summed E-state index contributed by atoms with van der Waals surface area (Å²) in [6, 6.07) is 7.09. The number of rotatable bonds is 4. The van der Waals surface area contributed by atoms with E-state index in [0.717, 1.165) is 43.3 Å². The topological polar surface area (TPSA) is 78.4 Å². The van der Waals surface area contributed by atoms with E-state index in [9.17, 15) is 9.59 Å². The molecule has 1 aliphatic rings. The van der Waals surface area contributed by atoms with Crippen molar-refractivity contribution in [2.45, 2.75) is 12.8 Å². The Labute approximate surface area is 117 Å². The van der Waals surface area contributed by atoms with Gasteiger partial charge in [-0.25, -0.2) is 4.79 Å². The summed E-state index contributed by atoms with van der Waals surface area (Å²) in [5.41, 5.74) is 1.51. The molecule has 20 heavy (non-hydrogen) atoms. The number of piperidine rings is 1. The van der Waals surface area contributed by atoms with Gasteiger partial charge in [0.05, 0.1) is 5.92 Å². The molecule has 0 saturated carbocycles. The normalized spacial score (nSPS) is 18.9. The third-order valence-corrected chi connectivity index (χ3v) is 3.26. The minimum atomic E-state index is -0.979. The number of anilines is 1. The van der Waals surface area contributed by atoms with Crippen molar-refractivity contribution in [1.29, 1.82) is 0 Å². The van der Waals surface area contributed by atoms with Crippen molar-refractivity contribution < 1.29 is 14.7 Å². The average molecular weight is 274 g/mol. The van der Waals surface area contributed by atoms with Crippen LogP contribution in [0.3, 0.4) is 0 Å². The van der Waals surface area contributed by atoms with E-state index in [1.807, 2.05) is 0 Å². The van der Waals surface area contributed by atoms with E-state index in [0.29, 0.717) is 0 Å². The highest BCUT2D eigenvalue weighted by Crippen LogP contribution is 2.15. The first-order valence-electron chi connectivity index (χ1n) is 6.68. The molecule has 0 bridgehead atoms. The summed E-state index contributed by atoms with van der Waals surface area (Å²) in [6.45, 7) is 1.71. The van der Waals surface area contributed by atoms with Crippen molar-refractivity contribution in [3.8, 4) is 0 Å². The summed E-state index contributed by atoms with van der Waals surface area (Å²) in [7, 11) is 0. The van der Waals surface area contributed by atoms with Gasteiger partial charge in [0.1, 0.15) is 0 Å². The predicted molar refractivity (Wildman–Crippen MR) is 77.3 cm³/mol. The van der Waals surface area contributed by atoms with Crippen LogP contribution in [0.4, 0.5) is 5.69 Å². The lowest BCUT2D eigenvalue weighted by Crippen LogP contribution is -2.37. The second kappa shape index (κ2) is 6.86. The molecule has 1 heterocycles. The van der Waals surface area contributed by atoms with Gasteiger partial charge in [-0.05, 0) is 43.2 Å². The van der Waals surface area contributed by atoms with Gasteiger partial charge in [0, 0.05) is 18.3 Å². The molecule has 106 valence electrons. The second-order valence-corrected chi connectivity index (χ2v) is 4.83. The van der Waals surface area contributed by atoms with Crippen LogP contribution in [0.2, 0.25) is 0 Å². The van der Waals surface area contributed by atoms with Gasteiger partial charge < -0.3 is 15.7 Å². The van der Waals surface area contributed by atoms with Crippen molar-refractivity contribution in [3.05, 3.63) is 35.9 Å². The van der Waals surface area contributed by atoms with Gasteiger partial charge in [-0.3, -0.25) is 4.79 Å². The fourth-order valence-electron chi connectivity index (χ4n) is 2.17. The molecule has 5 nitrogen and oxygen atoms in total. The Balaban J connectivity index is 1.92. The zero-order chi connectivity index (χ0) is 14.4. The summed E-state index contributed by atoms with van der Waals surface area (Å²) in [6.07, 6.45) is 4.54. The number of carbonyl (C=O) groups excluding carboxylic acids is 1. The van der Waals surface area contributed by atoms with E-state index in [2.05, 4.69) is 10.6 Å². The molecule has 1 fully saturated rings. The number of carbonyl (C=O) groups is 2. The highest BCUT2D eigenvalue weighted by molar-refractivity contribution is 5.93. The smallest absolute Gasteiger partial charge is 0.328 e. The number of hydrogen-bond donors (Lipinski definition) is 3. The second-order valence-electron chi connectivity index (χ2n) is 4.83. The quantitative estimate of drug-likeness (QED) is 0.731. The summed E-state index contributed by atoms with van der Waals surface area (Å²) in [5.74, 6) is -0.923. The van der Waals surface area contributed by atoms with Gasteiger partial charge in [0.2, 0.25) is 5.91 Å². The van der Waals surface area contributed by atoms with Gasteiger partial charge in [-0.2, -0.15) is 0 Å². The SMILES string of the molecule is O=C(O)/C=C/c1ccc(NC(=O)C2CCCNC2)cc1. The lowest BCUT2D eigenvalue weighted by Gasteiger charge is -2.21. The maximum absolute atomic E-state index is 12.0. The Morgan fingerprint density at radius 1 is 1.30 bits per heavy atom. The summed E-state index contributed by atoms with van der Waals surface area (Å²) < 4.78 is 0. The number of aliphatic carboxylic acids is 1. The standard InChI is InChI=1S/C15H18N2O3/c18-14(19)8-5-11-3-6-13(7-4-11)17-15(20)12-2-1-9-16-10-12/h3-8,12,16H,1-2,9-10H2,(H,17,20)(H,18,19)/b8-5+. The number of nitrogens with one attached hydrogen (secondary N) is 2. The lowest BCUT2D eigenvalue weighted by molar-refractivity contribution is -0.131. The van der Waals surface area contributed by atoms with Crippen LogP contribution in [0.25, 0.3) is 6.08 Å². The Kier molecular flexibility index (Phi) is 4.90. The molecule has 1 aromatic carbocycles. The molecule has 2 rings (SSSR count). The Morgan fingerprint density at radius 3 is 2.65 bits per heavy atom. The van der Waals surface area contributed by atoms with Crippen LogP contribution in [0.15, 0.2) is 30.3 Å². The largest absolute Gasteiger partial charge is 0.478 e. The van der Waals surface area contributed by atoms with Crippen molar-refractivity contribution in [1.82, 2.24) is 5.32 Å². The summed E-state index contributed by atoms with van der Waals surface area (Å²) in [4.78, 5) is 22.4. The van der Waals surface area contributed by atoms with Crippen LogP contribution >= 0.6 is 0 Å². The molecule has 1 atom stereocenters. The fraction of sp³-hybridized carbons (Fsp3) is 0.333. The van der Waals surface area contributed by atoms with Gasteiger partial charge >= 0.3 is 5.97 Å². The average Bonchev–Trinajstić information content (AvgIpc) is 2.47. The van der Waals surface area contributed by atoms with Crippen molar-refractivity contribution in [3.63, 3.8) is 0 Å². The van der Waals surface area contributed by atoms with Crippen molar-refractivity contribution in [2.24, 2.45) is 5.92 Å². The first kappa shape index (κ1) is 14.3. The van der Waals surface area contributed by atoms with Gasteiger partial charge in [-0.1, -0.05) is 12.1 Å². The number of carboxylic acids is 1. The van der Waals surface area contributed by atoms with E-state index in [1.54, 1.807) is 24.3 Å². The Bertz CT molecular complexity index is 502. The molecule has 1 saturated heterocycles. The highest BCUT2D eigenvalue weighted by Gasteiger charge is 2.20.